The summed E-state index contributed by atoms with van der Waals surface area (Å²) in [5.74, 6) is -0.0863. The normalized spacial score (nSPS) is 44.4. The van der Waals surface area contributed by atoms with Gasteiger partial charge >= 0.3 is 5.97 Å². The molecular formula is C10H17NO2. The smallest absolute Gasteiger partial charge is 0.323 e. The van der Waals surface area contributed by atoms with Gasteiger partial charge in [-0.2, -0.15) is 0 Å². The Kier molecular flexibility index (Phi) is 2.06. The Morgan fingerprint density at radius 3 is 2.77 bits per heavy atom. The molecule has 13 heavy (non-hydrogen) atoms. The molecule has 0 aromatic carbocycles. The van der Waals surface area contributed by atoms with Gasteiger partial charge < -0.3 is 5.11 Å². The van der Waals surface area contributed by atoms with Crippen LogP contribution in [0.1, 0.15) is 39.0 Å². The minimum atomic E-state index is -0.693. The second kappa shape index (κ2) is 2.98. The number of carbonyl (C=O) groups is 1. The number of aliphatic carboxylic acids is 1. The van der Waals surface area contributed by atoms with E-state index in [9.17, 15) is 4.79 Å². The van der Waals surface area contributed by atoms with Crippen LogP contribution in [0.25, 0.3) is 0 Å². The fraction of sp³-hybridized carbons (Fsp3) is 0.900. The van der Waals surface area contributed by atoms with E-state index >= 15 is 0 Å². The summed E-state index contributed by atoms with van der Waals surface area (Å²) < 4.78 is 0. The molecule has 1 saturated heterocycles. The molecule has 3 atom stereocenters. The monoisotopic (exact) mass is 183 g/mol. The fourth-order valence-electron chi connectivity index (χ4n) is 2.78. The van der Waals surface area contributed by atoms with Crippen molar-refractivity contribution in [2.75, 3.05) is 0 Å². The summed E-state index contributed by atoms with van der Waals surface area (Å²) in [4.78, 5) is 11.0. The third-order valence-corrected chi connectivity index (χ3v) is 3.56. The predicted molar refractivity (Wildman–Crippen MR) is 49.5 cm³/mol. The number of hydrogen-bond donors (Lipinski definition) is 2. The molecule has 2 fully saturated rings. The highest BCUT2D eigenvalue weighted by atomic mass is 16.4. The fourth-order valence-corrected chi connectivity index (χ4v) is 2.78. The lowest BCUT2D eigenvalue weighted by molar-refractivity contribution is -0.143. The quantitative estimate of drug-likeness (QED) is 0.645. The second-order valence-corrected chi connectivity index (χ2v) is 4.64. The largest absolute Gasteiger partial charge is 0.480 e. The van der Waals surface area contributed by atoms with E-state index < -0.39 is 11.5 Å². The standard InChI is InChI=1S/C10H17NO2/c1-10(9(12)13)6-7-4-2-3-5-8(7)11-10/h7-8,11H,2-6H2,1H3,(H,12,13)/t7-,8+,10+/m1/s1. The number of rotatable bonds is 1. The molecule has 0 amide bonds. The molecule has 0 bridgehead atoms. The van der Waals surface area contributed by atoms with E-state index in [1.54, 1.807) is 0 Å². The maximum absolute atomic E-state index is 11.0. The molecule has 1 saturated carbocycles. The average Bonchev–Trinajstić information content (AvgIpc) is 2.42. The van der Waals surface area contributed by atoms with Crippen molar-refractivity contribution in [1.82, 2.24) is 5.32 Å². The molecule has 0 radical (unpaired) electrons. The number of carboxylic acids is 1. The summed E-state index contributed by atoms with van der Waals surface area (Å²) in [6, 6.07) is 0.467. The molecule has 0 spiro atoms. The van der Waals surface area contributed by atoms with Gasteiger partial charge in [-0.1, -0.05) is 12.8 Å². The Bertz CT molecular complexity index is 213. The van der Waals surface area contributed by atoms with Gasteiger partial charge in [0.2, 0.25) is 0 Å². The van der Waals surface area contributed by atoms with E-state index in [2.05, 4.69) is 5.32 Å². The van der Waals surface area contributed by atoms with Crippen molar-refractivity contribution < 1.29 is 9.90 Å². The van der Waals surface area contributed by atoms with Crippen molar-refractivity contribution in [1.29, 1.82) is 0 Å². The van der Waals surface area contributed by atoms with Gasteiger partial charge in [0, 0.05) is 6.04 Å². The summed E-state index contributed by atoms with van der Waals surface area (Å²) in [5, 5.41) is 12.3. The van der Waals surface area contributed by atoms with Gasteiger partial charge in [-0.15, -0.1) is 0 Å². The minimum Gasteiger partial charge on any atom is -0.480 e. The highest BCUT2D eigenvalue weighted by Crippen LogP contribution is 2.37. The highest BCUT2D eigenvalue weighted by molar-refractivity contribution is 5.78. The Morgan fingerprint density at radius 1 is 1.46 bits per heavy atom. The number of nitrogens with one attached hydrogen (secondary N) is 1. The summed E-state index contributed by atoms with van der Waals surface area (Å²) >= 11 is 0. The molecule has 0 aromatic heterocycles. The molecule has 1 aliphatic heterocycles. The van der Waals surface area contributed by atoms with Crippen LogP contribution in [0.5, 0.6) is 0 Å². The Hall–Kier alpha value is -0.570. The van der Waals surface area contributed by atoms with E-state index in [1.807, 2.05) is 6.92 Å². The van der Waals surface area contributed by atoms with Gasteiger partial charge in [0.05, 0.1) is 0 Å². The lowest BCUT2D eigenvalue weighted by atomic mass is 9.83. The Morgan fingerprint density at radius 2 is 2.15 bits per heavy atom. The first-order chi connectivity index (χ1) is 6.12. The highest BCUT2D eigenvalue weighted by Gasteiger charge is 2.46. The third kappa shape index (κ3) is 1.46. The number of carboxylic acid groups (broad SMARTS) is 1. The van der Waals surface area contributed by atoms with Gasteiger partial charge in [0.25, 0.3) is 0 Å². The molecule has 3 nitrogen and oxygen atoms in total. The Balaban J connectivity index is 2.10. The molecule has 2 aliphatic rings. The van der Waals surface area contributed by atoms with Crippen LogP contribution in [0.15, 0.2) is 0 Å². The molecule has 2 rings (SSSR count). The predicted octanol–water partition coefficient (Wildman–Crippen LogP) is 1.38. The van der Waals surface area contributed by atoms with Gasteiger partial charge in [0.15, 0.2) is 0 Å². The van der Waals surface area contributed by atoms with Crippen LogP contribution in [0, 0.1) is 5.92 Å². The van der Waals surface area contributed by atoms with Crippen LogP contribution < -0.4 is 5.32 Å². The van der Waals surface area contributed by atoms with Gasteiger partial charge in [-0.25, -0.2) is 0 Å². The molecule has 0 aromatic rings. The average molecular weight is 183 g/mol. The minimum absolute atomic E-state index is 0.467. The van der Waals surface area contributed by atoms with Crippen molar-refractivity contribution in [2.45, 2.75) is 50.6 Å². The van der Waals surface area contributed by atoms with Crippen LogP contribution in [0.4, 0.5) is 0 Å². The lowest BCUT2D eigenvalue weighted by Gasteiger charge is -2.24. The van der Waals surface area contributed by atoms with E-state index in [0.717, 1.165) is 12.8 Å². The van der Waals surface area contributed by atoms with E-state index in [4.69, 9.17) is 5.11 Å². The number of fused-ring (bicyclic) bond motifs is 1. The molecule has 0 unspecified atom stereocenters. The molecule has 74 valence electrons. The summed E-state index contributed by atoms with van der Waals surface area (Å²) in [5.41, 5.74) is -0.653. The SMILES string of the molecule is C[C@@]1(C(=O)O)C[C@H]2CCCC[C@@H]2N1. The molecule has 1 aliphatic carbocycles. The third-order valence-electron chi connectivity index (χ3n) is 3.56. The van der Waals surface area contributed by atoms with E-state index in [0.29, 0.717) is 12.0 Å². The molecule has 2 N–H and O–H groups in total. The molecule has 1 heterocycles. The zero-order valence-electron chi connectivity index (χ0n) is 8.05. The van der Waals surface area contributed by atoms with Crippen molar-refractivity contribution in [3.05, 3.63) is 0 Å². The summed E-state index contributed by atoms with van der Waals surface area (Å²) in [7, 11) is 0. The van der Waals surface area contributed by atoms with Crippen LogP contribution >= 0.6 is 0 Å². The Labute approximate surface area is 78.5 Å². The van der Waals surface area contributed by atoms with E-state index in [1.165, 1.54) is 19.3 Å². The van der Waals surface area contributed by atoms with Crippen molar-refractivity contribution in [2.24, 2.45) is 5.92 Å². The van der Waals surface area contributed by atoms with E-state index in [-0.39, 0.29) is 0 Å². The van der Waals surface area contributed by atoms with Crippen LogP contribution in [-0.4, -0.2) is 22.7 Å². The van der Waals surface area contributed by atoms with Gasteiger partial charge in [0.1, 0.15) is 5.54 Å². The molecule has 3 heteroatoms. The van der Waals surface area contributed by atoms with Crippen molar-refractivity contribution in [3.8, 4) is 0 Å². The maximum atomic E-state index is 11.0. The number of hydrogen-bond acceptors (Lipinski definition) is 2. The van der Waals surface area contributed by atoms with Gasteiger partial charge in [-0.3, -0.25) is 10.1 Å². The maximum Gasteiger partial charge on any atom is 0.323 e. The van der Waals surface area contributed by atoms with Crippen LogP contribution in [0.2, 0.25) is 0 Å². The first-order valence-electron chi connectivity index (χ1n) is 5.13. The van der Waals surface area contributed by atoms with Crippen LogP contribution in [-0.2, 0) is 4.79 Å². The zero-order chi connectivity index (χ0) is 9.47. The van der Waals surface area contributed by atoms with Crippen molar-refractivity contribution >= 4 is 5.97 Å². The second-order valence-electron chi connectivity index (χ2n) is 4.64. The first kappa shape index (κ1) is 9.00. The topological polar surface area (TPSA) is 49.3 Å². The lowest BCUT2D eigenvalue weighted by Crippen LogP contribution is -2.47. The first-order valence-corrected chi connectivity index (χ1v) is 5.13. The summed E-state index contributed by atoms with van der Waals surface area (Å²) in [6.45, 7) is 1.81. The van der Waals surface area contributed by atoms with Crippen LogP contribution in [0.3, 0.4) is 0 Å². The summed E-state index contributed by atoms with van der Waals surface area (Å²) in [6.07, 6.45) is 5.71. The van der Waals surface area contributed by atoms with Crippen molar-refractivity contribution in [3.63, 3.8) is 0 Å². The van der Waals surface area contributed by atoms with Gasteiger partial charge in [-0.05, 0) is 32.1 Å². The molecular weight excluding hydrogens is 166 g/mol. The zero-order valence-corrected chi connectivity index (χ0v) is 8.05.